The van der Waals surface area contributed by atoms with E-state index in [2.05, 4.69) is 5.32 Å². The van der Waals surface area contributed by atoms with Gasteiger partial charge in [-0.1, -0.05) is 30.3 Å². The van der Waals surface area contributed by atoms with Crippen LogP contribution in [0.3, 0.4) is 0 Å². The summed E-state index contributed by atoms with van der Waals surface area (Å²) in [5.41, 5.74) is 0. The van der Waals surface area contributed by atoms with Gasteiger partial charge in [0.25, 0.3) is 0 Å². The number of carbonyl (C=O) groups is 1. The number of nitrogens with one attached hydrogen (secondary N) is 1. The van der Waals surface area contributed by atoms with Crippen LogP contribution in [-0.2, 0) is 14.6 Å². The van der Waals surface area contributed by atoms with E-state index in [4.69, 9.17) is 0 Å². The molecule has 0 bridgehead atoms. The van der Waals surface area contributed by atoms with Crippen LogP contribution in [0.15, 0.2) is 47.4 Å². The lowest BCUT2D eigenvalue weighted by molar-refractivity contribution is -0.118. The number of hydrogen-bond donors (Lipinski definition) is 1. The van der Waals surface area contributed by atoms with E-state index in [1.807, 2.05) is 30.3 Å². The van der Waals surface area contributed by atoms with Crippen LogP contribution < -0.4 is 5.32 Å². The van der Waals surface area contributed by atoms with Crippen molar-refractivity contribution in [3.63, 3.8) is 0 Å². The fourth-order valence-corrected chi connectivity index (χ4v) is 3.35. The maximum absolute atomic E-state index is 12.2. The van der Waals surface area contributed by atoms with Crippen LogP contribution in [0, 0.1) is 0 Å². The van der Waals surface area contributed by atoms with Crippen molar-refractivity contribution in [3.05, 3.63) is 42.5 Å². The van der Waals surface area contributed by atoms with Crippen molar-refractivity contribution < 1.29 is 13.2 Å². The second kappa shape index (κ2) is 6.05. The molecular formula is C15H17NO3S. The first kappa shape index (κ1) is 14.5. The molecule has 0 unspecified atom stereocenters. The minimum absolute atomic E-state index is 0.0334. The van der Waals surface area contributed by atoms with E-state index in [1.165, 1.54) is 6.92 Å². The largest absolute Gasteiger partial charge is 0.356 e. The van der Waals surface area contributed by atoms with Crippen LogP contribution in [-0.4, -0.2) is 26.6 Å². The molecule has 0 aromatic heterocycles. The van der Waals surface area contributed by atoms with Crippen molar-refractivity contribution in [1.29, 1.82) is 0 Å². The van der Waals surface area contributed by atoms with E-state index in [9.17, 15) is 13.2 Å². The molecule has 0 atom stereocenters. The number of fused-ring (bicyclic) bond motifs is 1. The summed E-state index contributed by atoms with van der Waals surface area (Å²) in [4.78, 5) is 11.1. The van der Waals surface area contributed by atoms with Gasteiger partial charge in [-0.05, 0) is 29.3 Å². The Hall–Kier alpha value is -1.88. The Morgan fingerprint density at radius 2 is 1.80 bits per heavy atom. The zero-order valence-electron chi connectivity index (χ0n) is 11.3. The lowest BCUT2D eigenvalue weighted by Crippen LogP contribution is -2.23. The van der Waals surface area contributed by atoms with E-state index in [0.29, 0.717) is 17.9 Å². The number of hydrogen-bond acceptors (Lipinski definition) is 3. The van der Waals surface area contributed by atoms with Gasteiger partial charge in [-0.15, -0.1) is 0 Å². The highest BCUT2D eigenvalue weighted by atomic mass is 32.2. The third kappa shape index (κ3) is 3.57. The predicted molar refractivity (Wildman–Crippen MR) is 79.3 cm³/mol. The predicted octanol–water partition coefficient (Wildman–Crippen LogP) is 2.14. The molecular weight excluding hydrogens is 274 g/mol. The van der Waals surface area contributed by atoms with Crippen LogP contribution in [0.1, 0.15) is 13.3 Å². The molecule has 0 radical (unpaired) electrons. The summed E-state index contributed by atoms with van der Waals surface area (Å²) in [6.07, 6.45) is 0.411. The Morgan fingerprint density at radius 3 is 2.50 bits per heavy atom. The Balaban J connectivity index is 2.13. The third-order valence-electron chi connectivity index (χ3n) is 3.04. The van der Waals surface area contributed by atoms with Gasteiger partial charge in [0, 0.05) is 13.5 Å². The van der Waals surface area contributed by atoms with Crippen molar-refractivity contribution in [3.8, 4) is 0 Å². The SMILES string of the molecule is CC(=O)NCCCS(=O)(=O)c1ccc2ccccc2c1. The quantitative estimate of drug-likeness (QED) is 0.858. The highest BCUT2D eigenvalue weighted by Crippen LogP contribution is 2.20. The summed E-state index contributed by atoms with van der Waals surface area (Å²) in [5, 5.41) is 4.53. The lowest BCUT2D eigenvalue weighted by atomic mass is 10.1. The van der Waals surface area contributed by atoms with Gasteiger partial charge < -0.3 is 5.32 Å². The first-order chi connectivity index (χ1) is 9.49. The van der Waals surface area contributed by atoms with Crippen LogP contribution in [0.5, 0.6) is 0 Å². The molecule has 20 heavy (non-hydrogen) atoms. The van der Waals surface area contributed by atoms with Gasteiger partial charge in [0.15, 0.2) is 9.84 Å². The van der Waals surface area contributed by atoms with Gasteiger partial charge in [0.05, 0.1) is 10.6 Å². The molecule has 0 saturated heterocycles. The maximum atomic E-state index is 12.2. The van der Waals surface area contributed by atoms with Crippen molar-refractivity contribution >= 4 is 26.5 Å². The van der Waals surface area contributed by atoms with Gasteiger partial charge >= 0.3 is 0 Å². The summed E-state index contributed by atoms with van der Waals surface area (Å²) in [6, 6.07) is 12.8. The Kier molecular flexibility index (Phi) is 4.39. The zero-order valence-corrected chi connectivity index (χ0v) is 12.1. The number of carbonyl (C=O) groups excluding carboxylic acids is 1. The molecule has 0 aliphatic heterocycles. The number of benzene rings is 2. The molecule has 0 heterocycles. The van der Waals surface area contributed by atoms with E-state index in [1.54, 1.807) is 12.1 Å². The maximum Gasteiger partial charge on any atom is 0.216 e. The molecule has 0 spiro atoms. The molecule has 0 aliphatic carbocycles. The number of rotatable bonds is 5. The minimum Gasteiger partial charge on any atom is -0.356 e. The number of amides is 1. The van der Waals surface area contributed by atoms with Crippen molar-refractivity contribution in [2.24, 2.45) is 0 Å². The Morgan fingerprint density at radius 1 is 1.10 bits per heavy atom. The lowest BCUT2D eigenvalue weighted by Gasteiger charge is -2.06. The highest BCUT2D eigenvalue weighted by Gasteiger charge is 2.14. The first-order valence-corrected chi connectivity index (χ1v) is 8.10. The van der Waals surface area contributed by atoms with E-state index >= 15 is 0 Å². The zero-order chi connectivity index (χ0) is 14.6. The fraction of sp³-hybridized carbons (Fsp3) is 0.267. The molecule has 0 saturated carbocycles. The van der Waals surface area contributed by atoms with Gasteiger partial charge in [-0.3, -0.25) is 4.79 Å². The highest BCUT2D eigenvalue weighted by molar-refractivity contribution is 7.91. The number of sulfone groups is 1. The Labute approximate surface area is 118 Å². The normalized spacial score (nSPS) is 11.4. The van der Waals surface area contributed by atoms with Crippen molar-refractivity contribution in [2.75, 3.05) is 12.3 Å². The van der Waals surface area contributed by atoms with Gasteiger partial charge in [0.1, 0.15) is 0 Å². The summed E-state index contributed by atoms with van der Waals surface area (Å²) in [5.74, 6) is -0.112. The van der Waals surface area contributed by atoms with Crippen LogP contribution in [0.25, 0.3) is 10.8 Å². The van der Waals surface area contributed by atoms with Crippen molar-refractivity contribution in [1.82, 2.24) is 5.32 Å². The minimum atomic E-state index is -3.30. The van der Waals surface area contributed by atoms with E-state index in [0.717, 1.165) is 10.8 Å². The molecule has 2 aromatic carbocycles. The molecule has 2 aromatic rings. The second-order valence-electron chi connectivity index (χ2n) is 4.66. The topological polar surface area (TPSA) is 63.2 Å². The average molecular weight is 291 g/mol. The fourth-order valence-electron chi connectivity index (χ4n) is 2.01. The molecule has 1 N–H and O–H groups in total. The van der Waals surface area contributed by atoms with Gasteiger partial charge in [-0.2, -0.15) is 0 Å². The molecule has 2 rings (SSSR count). The summed E-state index contributed by atoms with van der Waals surface area (Å²) in [7, 11) is -3.30. The average Bonchev–Trinajstić information content (AvgIpc) is 2.43. The van der Waals surface area contributed by atoms with E-state index < -0.39 is 9.84 Å². The Bertz CT molecular complexity index is 723. The first-order valence-electron chi connectivity index (χ1n) is 6.45. The molecule has 1 amide bonds. The molecule has 4 nitrogen and oxygen atoms in total. The van der Waals surface area contributed by atoms with Crippen molar-refractivity contribution in [2.45, 2.75) is 18.2 Å². The summed E-state index contributed by atoms with van der Waals surface area (Å²) >= 11 is 0. The molecule has 0 aliphatic rings. The second-order valence-corrected chi connectivity index (χ2v) is 6.77. The standard InChI is InChI=1S/C15H17NO3S/c1-12(17)16-9-4-10-20(18,19)15-8-7-13-5-2-3-6-14(13)11-15/h2-3,5-8,11H,4,9-10H2,1H3,(H,16,17). The third-order valence-corrected chi connectivity index (χ3v) is 4.84. The smallest absolute Gasteiger partial charge is 0.216 e. The van der Waals surface area contributed by atoms with Crippen LogP contribution in [0.4, 0.5) is 0 Å². The van der Waals surface area contributed by atoms with Gasteiger partial charge in [-0.25, -0.2) is 8.42 Å². The molecule has 0 fully saturated rings. The van der Waals surface area contributed by atoms with Crippen LogP contribution in [0.2, 0.25) is 0 Å². The van der Waals surface area contributed by atoms with Gasteiger partial charge in [0.2, 0.25) is 5.91 Å². The molecule has 106 valence electrons. The van der Waals surface area contributed by atoms with Crippen LogP contribution >= 0.6 is 0 Å². The van der Waals surface area contributed by atoms with E-state index in [-0.39, 0.29) is 11.7 Å². The monoisotopic (exact) mass is 291 g/mol. The summed E-state index contributed by atoms with van der Waals surface area (Å²) < 4.78 is 24.4. The molecule has 5 heteroatoms. The summed E-state index contributed by atoms with van der Waals surface area (Å²) in [6.45, 7) is 1.79.